The van der Waals surface area contributed by atoms with E-state index in [-0.39, 0.29) is 27.9 Å². The molecule has 1 N–H and O–H groups in total. The van der Waals surface area contributed by atoms with Crippen molar-refractivity contribution in [3.63, 3.8) is 0 Å². The van der Waals surface area contributed by atoms with Gasteiger partial charge in [0.05, 0.1) is 7.11 Å². The predicted molar refractivity (Wildman–Crippen MR) is 100 cm³/mol. The molecule has 1 fully saturated rings. The molecule has 4 unspecified atom stereocenters. The van der Waals surface area contributed by atoms with Crippen LogP contribution < -0.4 is 0 Å². The van der Waals surface area contributed by atoms with Crippen LogP contribution in [0.3, 0.4) is 0 Å². The van der Waals surface area contributed by atoms with E-state index < -0.39 is 11.5 Å². The van der Waals surface area contributed by atoms with Gasteiger partial charge in [0, 0.05) is 11.6 Å². The molecule has 0 amide bonds. The summed E-state index contributed by atoms with van der Waals surface area (Å²) >= 11 is 0. The van der Waals surface area contributed by atoms with Crippen LogP contribution in [0.15, 0.2) is 34.8 Å². The molecule has 0 aromatic heterocycles. The molecule has 26 heavy (non-hydrogen) atoms. The third kappa shape index (κ3) is 2.65. The van der Waals surface area contributed by atoms with Crippen molar-refractivity contribution in [3.05, 3.63) is 34.8 Å². The highest BCUT2D eigenvalue weighted by atomic mass is 16.5. The Morgan fingerprint density at radius 1 is 1.27 bits per heavy atom. The monoisotopic (exact) mass is 358 g/mol. The molecule has 3 aliphatic rings. The summed E-state index contributed by atoms with van der Waals surface area (Å²) in [6.07, 6.45) is 8.40. The molecule has 142 valence electrons. The SMILES string of the molecule is COC1=CC(=O)C(CC2(C)C(C)CCC3(C)C(C)=CCCC32)=C(O)C1=O. The van der Waals surface area contributed by atoms with Gasteiger partial charge in [-0.25, -0.2) is 0 Å². The fourth-order valence-corrected chi connectivity index (χ4v) is 5.55. The molecule has 4 heteroatoms. The standard InChI is InChI=1S/C22H30O4/c1-13-7-6-8-18-21(13,3)10-9-14(2)22(18,4)12-15-16(23)11-17(26-5)20(25)19(15)24/h7,11,14,18,24H,6,8-10,12H2,1-5H3. The Bertz CT molecular complexity index is 741. The first-order valence-corrected chi connectivity index (χ1v) is 9.59. The zero-order valence-electron chi connectivity index (χ0n) is 16.5. The number of aliphatic hydroxyl groups is 1. The van der Waals surface area contributed by atoms with E-state index in [9.17, 15) is 14.7 Å². The van der Waals surface area contributed by atoms with Gasteiger partial charge in [-0.1, -0.05) is 32.4 Å². The van der Waals surface area contributed by atoms with Crippen LogP contribution in [0, 0.1) is 22.7 Å². The van der Waals surface area contributed by atoms with Crippen molar-refractivity contribution in [2.45, 2.75) is 59.8 Å². The Balaban J connectivity index is 2.00. The summed E-state index contributed by atoms with van der Waals surface area (Å²) in [5.41, 5.74) is 1.68. The second-order valence-electron chi connectivity index (χ2n) is 8.79. The molecule has 0 aromatic carbocycles. The van der Waals surface area contributed by atoms with Crippen molar-refractivity contribution in [1.82, 2.24) is 0 Å². The van der Waals surface area contributed by atoms with Crippen molar-refractivity contribution in [2.24, 2.45) is 22.7 Å². The number of aliphatic hydroxyl groups excluding tert-OH is 1. The van der Waals surface area contributed by atoms with Gasteiger partial charge in [0.25, 0.3) is 5.78 Å². The van der Waals surface area contributed by atoms with E-state index in [4.69, 9.17) is 4.74 Å². The van der Waals surface area contributed by atoms with Crippen LogP contribution in [0.1, 0.15) is 59.8 Å². The quantitative estimate of drug-likeness (QED) is 0.588. The number of hydrogen-bond acceptors (Lipinski definition) is 4. The van der Waals surface area contributed by atoms with Crippen LogP contribution in [0.5, 0.6) is 0 Å². The van der Waals surface area contributed by atoms with Crippen molar-refractivity contribution < 1.29 is 19.4 Å². The first-order valence-electron chi connectivity index (χ1n) is 9.59. The normalized spacial score (nSPS) is 37.9. The van der Waals surface area contributed by atoms with Crippen molar-refractivity contribution in [1.29, 1.82) is 0 Å². The molecule has 4 atom stereocenters. The minimum absolute atomic E-state index is 0.0839. The van der Waals surface area contributed by atoms with E-state index in [0.29, 0.717) is 18.3 Å². The van der Waals surface area contributed by atoms with E-state index in [0.717, 1.165) is 25.7 Å². The van der Waals surface area contributed by atoms with E-state index in [2.05, 4.69) is 33.8 Å². The van der Waals surface area contributed by atoms with Gasteiger partial charge in [0.15, 0.2) is 17.3 Å². The molecule has 3 aliphatic carbocycles. The number of carbonyl (C=O) groups excluding carboxylic acids is 2. The molecular weight excluding hydrogens is 328 g/mol. The number of Topliss-reactive ketones (excluding diaryl/α,β-unsaturated/α-hetero) is 1. The second kappa shape index (κ2) is 6.40. The lowest BCUT2D eigenvalue weighted by Gasteiger charge is -2.58. The van der Waals surface area contributed by atoms with Crippen molar-refractivity contribution >= 4 is 11.6 Å². The van der Waals surface area contributed by atoms with Gasteiger partial charge < -0.3 is 9.84 Å². The molecule has 3 rings (SSSR count). The zero-order chi connectivity index (χ0) is 19.3. The molecule has 1 saturated carbocycles. The Labute approximate surface area is 156 Å². The van der Waals surface area contributed by atoms with E-state index in [1.165, 1.54) is 18.8 Å². The zero-order valence-corrected chi connectivity index (χ0v) is 16.5. The minimum Gasteiger partial charge on any atom is -0.504 e. The van der Waals surface area contributed by atoms with E-state index in [1.807, 2.05) is 0 Å². The summed E-state index contributed by atoms with van der Waals surface area (Å²) < 4.78 is 4.93. The molecular formula is C22H30O4. The fourth-order valence-electron chi connectivity index (χ4n) is 5.55. The topological polar surface area (TPSA) is 63.6 Å². The number of allylic oxidation sites excluding steroid dienone is 4. The van der Waals surface area contributed by atoms with Crippen LogP contribution in [0.4, 0.5) is 0 Å². The van der Waals surface area contributed by atoms with Gasteiger partial charge in [-0.05, 0) is 61.7 Å². The number of rotatable bonds is 3. The number of ketones is 2. The van der Waals surface area contributed by atoms with Crippen LogP contribution in [-0.4, -0.2) is 23.8 Å². The smallest absolute Gasteiger partial charge is 0.262 e. The maximum atomic E-state index is 12.6. The Morgan fingerprint density at radius 2 is 1.96 bits per heavy atom. The fraction of sp³-hybridized carbons (Fsp3) is 0.636. The highest BCUT2D eigenvalue weighted by molar-refractivity contribution is 6.20. The lowest BCUT2D eigenvalue weighted by molar-refractivity contribution is -0.121. The third-order valence-electron chi connectivity index (χ3n) is 7.66. The van der Waals surface area contributed by atoms with Gasteiger partial charge >= 0.3 is 0 Å². The van der Waals surface area contributed by atoms with Crippen LogP contribution in [-0.2, 0) is 14.3 Å². The minimum atomic E-state index is -0.586. The summed E-state index contributed by atoms with van der Waals surface area (Å²) in [5.74, 6) is -0.556. The number of ether oxygens (including phenoxy) is 1. The van der Waals surface area contributed by atoms with Gasteiger partial charge in [0.2, 0.25) is 0 Å². The molecule has 0 radical (unpaired) electrons. The first-order chi connectivity index (χ1) is 12.1. The Morgan fingerprint density at radius 3 is 2.62 bits per heavy atom. The maximum absolute atomic E-state index is 12.6. The van der Waals surface area contributed by atoms with Crippen molar-refractivity contribution in [2.75, 3.05) is 7.11 Å². The summed E-state index contributed by atoms with van der Waals surface area (Å²) in [6, 6.07) is 0. The average molecular weight is 358 g/mol. The third-order valence-corrected chi connectivity index (χ3v) is 7.66. The summed E-state index contributed by atoms with van der Waals surface area (Å²) in [5, 5.41) is 10.4. The predicted octanol–water partition coefficient (Wildman–Crippen LogP) is 4.67. The van der Waals surface area contributed by atoms with Crippen LogP contribution in [0.2, 0.25) is 0 Å². The van der Waals surface area contributed by atoms with Gasteiger partial charge in [0.1, 0.15) is 0 Å². The lowest BCUT2D eigenvalue weighted by atomic mass is 9.46. The molecule has 0 saturated heterocycles. The molecule has 0 spiro atoms. The van der Waals surface area contributed by atoms with Crippen LogP contribution in [0.25, 0.3) is 0 Å². The largest absolute Gasteiger partial charge is 0.504 e. The van der Waals surface area contributed by atoms with Crippen LogP contribution >= 0.6 is 0 Å². The average Bonchev–Trinajstić information content (AvgIpc) is 2.61. The van der Waals surface area contributed by atoms with Gasteiger partial charge in [-0.15, -0.1) is 0 Å². The number of methoxy groups -OCH3 is 1. The summed E-state index contributed by atoms with van der Waals surface area (Å²) in [7, 11) is 1.34. The number of carbonyl (C=O) groups is 2. The second-order valence-corrected chi connectivity index (χ2v) is 8.79. The highest BCUT2D eigenvalue weighted by Crippen LogP contribution is 2.62. The van der Waals surface area contributed by atoms with E-state index in [1.54, 1.807) is 0 Å². The Hall–Kier alpha value is -1.84. The first kappa shape index (κ1) is 18.9. The molecule has 4 nitrogen and oxygen atoms in total. The maximum Gasteiger partial charge on any atom is 0.262 e. The van der Waals surface area contributed by atoms with E-state index >= 15 is 0 Å². The van der Waals surface area contributed by atoms with Gasteiger partial charge in [-0.3, -0.25) is 9.59 Å². The number of hydrogen-bond donors (Lipinski definition) is 1. The lowest BCUT2D eigenvalue weighted by Crippen LogP contribution is -2.50. The highest BCUT2D eigenvalue weighted by Gasteiger charge is 2.54. The number of fused-ring (bicyclic) bond motifs is 1. The Kier molecular flexibility index (Phi) is 4.66. The summed E-state index contributed by atoms with van der Waals surface area (Å²) in [6.45, 7) is 9.06. The molecule has 0 aromatic rings. The van der Waals surface area contributed by atoms with Crippen molar-refractivity contribution in [3.8, 4) is 0 Å². The molecule has 0 heterocycles. The molecule has 0 bridgehead atoms. The van der Waals surface area contributed by atoms with Gasteiger partial charge in [-0.2, -0.15) is 0 Å². The summed E-state index contributed by atoms with van der Waals surface area (Å²) in [4.78, 5) is 24.9. The molecule has 0 aliphatic heterocycles.